The Bertz CT molecular complexity index is 523. The van der Waals surface area contributed by atoms with Gasteiger partial charge in [0.25, 0.3) is 0 Å². The molecule has 1 N–H and O–H groups in total. The number of nitrogens with one attached hydrogen (secondary N) is 1. The number of aromatic nitrogens is 3. The highest BCUT2D eigenvalue weighted by Gasteiger charge is 2.16. The van der Waals surface area contributed by atoms with E-state index in [0.717, 1.165) is 35.4 Å². The van der Waals surface area contributed by atoms with Crippen molar-refractivity contribution < 1.29 is 4.74 Å². The molecule has 1 unspecified atom stereocenters. The molecule has 0 amide bonds. The second-order valence-electron chi connectivity index (χ2n) is 4.11. The van der Waals surface area contributed by atoms with Crippen LogP contribution in [0.25, 0.3) is 5.69 Å². The van der Waals surface area contributed by atoms with Gasteiger partial charge in [0.15, 0.2) is 0 Å². The average Bonchev–Trinajstić information content (AvgIpc) is 2.93. The predicted molar refractivity (Wildman–Crippen MR) is 70.6 cm³/mol. The van der Waals surface area contributed by atoms with Crippen LogP contribution in [0.2, 0.25) is 0 Å². The number of morpholine rings is 1. The Morgan fingerprint density at radius 1 is 1.44 bits per heavy atom. The van der Waals surface area contributed by atoms with Crippen molar-refractivity contribution in [3.8, 4) is 5.69 Å². The van der Waals surface area contributed by atoms with Gasteiger partial charge in [-0.15, -0.1) is 0 Å². The molecule has 18 heavy (non-hydrogen) atoms. The average molecular weight is 309 g/mol. The standard InChI is InChI=1S/C12H13BrN4O/c13-10-5-9(12-6-14-3-4-18-12)1-2-11(10)17-8-15-7-16-17/h1-2,5,7-8,12,14H,3-4,6H2. The fourth-order valence-corrected chi connectivity index (χ4v) is 2.60. The first-order chi connectivity index (χ1) is 8.84. The van der Waals surface area contributed by atoms with E-state index in [-0.39, 0.29) is 6.10 Å². The highest BCUT2D eigenvalue weighted by atomic mass is 79.9. The van der Waals surface area contributed by atoms with Crippen molar-refractivity contribution in [1.29, 1.82) is 0 Å². The molecule has 2 aromatic rings. The number of ether oxygens (including phenoxy) is 1. The molecule has 0 aliphatic carbocycles. The number of benzene rings is 1. The van der Waals surface area contributed by atoms with Crippen molar-refractivity contribution in [2.75, 3.05) is 19.7 Å². The number of nitrogens with zero attached hydrogens (tertiary/aromatic N) is 3. The van der Waals surface area contributed by atoms with E-state index in [2.05, 4.69) is 43.5 Å². The normalized spacial score (nSPS) is 19.9. The minimum atomic E-state index is 0.125. The molecule has 0 saturated carbocycles. The van der Waals surface area contributed by atoms with Crippen molar-refractivity contribution in [3.63, 3.8) is 0 Å². The SMILES string of the molecule is Brc1cc(C2CNCCO2)ccc1-n1cncn1. The third kappa shape index (κ3) is 2.31. The quantitative estimate of drug-likeness (QED) is 0.917. The van der Waals surface area contributed by atoms with Crippen LogP contribution in [0.4, 0.5) is 0 Å². The Hall–Kier alpha value is -1.24. The molecule has 1 aromatic heterocycles. The third-order valence-electron chi connectivity index (χ3n) is 2.94. The fourth-order valence-electron chi connectivity index (χ4n) is 2.02. The van der Waals surface area contributed by atoms with Crippen LogP contribution in [0, 0.1) is 0 Å². The summed E-state index contributed by atoms with van der Waals surface area (Å²) in [6, 6.07) is 6.17. The minimum Gasteiger partial charge on any atom is -0.371 e. The molecule has 5 nitrogen and oxygen atoms in total. The maximum absolute atomic E-state index is 5.73. The predicted octanol–water partition coefficient (Wildman–Crippen LogP) is 1.69. The largest absolute Gasteiger partial charge is 0.371 e. The van der Waals surface area contributed by atoms with Crippen molar-refractivity contribution in [3.05, 3.63) is 40.9 Å². The molecule has 1 fully saturated rings. The Balaban J connectivity index is 1.89. The summed E-state index contributed by atoms with van der Waals surface area (Å²) in [4.78, 5) is 3.95. The molecule has 1 atom stereocenters. The molecule has 94 valence electrons. The van der Waals surface area contributed by atoms with Gasteiger partial charge in [-0.2, -0.15) is 5.10 Å². The van der Waals surface area contributed by atoms with Crippen molar-refractivity contribution >= 4 is 15.9 Å². The Labute approximate surface area is 113 Å². The molecule has 2 heterocycles. The monoisotopic (exact) mass is 308 g/mol. The summed E-state index contributed by atoms with van der Waals surface area (Å²) >= 11 is 3.57. The zero-order chi connectivity index (χ0) is 12.4. The zero-order valence-corrected chi connectivity index (χ0v) is 11.3. The van der Waals surface area contributed by atoms with Gasteiger partial charge in [0, 0.05) is 17.6 Å². The first-order valence-corrected chi connectivity index (χ1v) is 6.60. The smallest absolute Gasteiger partial charge is 0.138 e. The van der Waals surface area contributed by atoms with Crippen molar-refractivity contribution in [2.45, 2.75) is 6.10 Å². The first-order valence-electron chi connectivity index (χ1n) is 5.81. The highest BCUT2D eigenvalue weighted by Crippen LogP contribution is 2.26. The van der Waals surface area contributed by atoms with Gasteiger partial charge in [-0.05, 0) is 33.6 Å². The molecule has 0 radical (unpaired) electrons. The maximum Gasteiger partial charge on any atom is 0.138 e. The second-order valence-corrected chi connectivity index (χ2v) is 4.97. The molecule has 3 rings (SSSR count). The third-order valence-corrected chi connectivity index (χ3v) is 3.57. The summed E-state index contributed by atoms with van der Waals surface area (Å²) in [5.41, 5.74) is 2.14. The van der Waals surface area contributed by atoms with E-state index in [9.17, 15) is 0 Å². The van der Waals surface area contributed by atoms with Crippen LogP contribution in [0.3, 0.4) is 0 Å². The number of hydrogen-bond donors (Lipinski definition) is 1. The molecule has 0 spiro atoms. The van der Waals surface area contributed by atoms with Gasteiger partial charge in [0.1, 0.15) is 12.7 Å². The summed E-state index contributed by atoms with van der Waals surface area (Å²) < 4.78 is 8.45. The van der Waals surface area contributed by atoms with Gasteiger partial charge in [-0.3, -0.25) is 0 Å². The van der Waals surface area contributed by atoms with Crippen LogP contribution >= 0.6 is 15.9 Å². The van der Waals surface area contributed by atoms with Gasteiger partial charge < -0.3 is 10.1 Å². The van der Waals surface area contributed by atoms with Gasteiger partial charge >= 0.3 is 0 Å². The van der Waals surface area contributed by atoms with Crippen LogP contribution in [-0.2, 0) is 4.74 Å². The van der Waals surface area contributed by atoms with Crippen LogP contribution < -0.4 is 5.32 Å². The molecular formula is C12H13BrN4O. The van der Waals surface area contributed by atoms with Crippen LogP contribution in [-0.4, -0.2) is 34.5 Å². The van der Waals surface area contributed by atoms with Gasteiger partial charge in [-0.25, -0.2) is 9.67 Å². The summed E-state index contributed by atoms with van der Waals surface area (Å²) in [5.74, 6) is 0. The Morgan fingerprint density at radius 3 is 3.06 bits per heavy atom. The van der Waals surface area contributed by atoms with E-state index in [0.29, 0.717) is 0 Å². The lowest BCUT2D eigenvalue weighted by Crippen LogP contribution is -2.33. The fraction of sp³-hybridized carbons (Fsp3) is 0.333. The lowest BCUT2D eigenvalue weighted by Gasteiger charge is -2.24. The molecule has 6 heteroatoms. The second kappa shape index (κ2) is 5.17. The molecular weight excluding hydrogens is 296 g/mol. The van der Waals surface area contributed by atoms with E-state index >= 15 is 0 Å². The molecule has 0 bridgehead atoms. The number of rotatable bonds is 2. The van der Waals surface area contributed by atoms with E-state index in [1.807, 2.05) is 6.07 Å². The van der Waals surface area contributed by atoms with E-state index < -0.39 is 0 Å². The van der Waals surface area contributed by atoms with E-state index in [4.69, 9.17) is 4.74 Å². The number of hydrogen-bond acceptors (Lipinski definition) is 4. The van der Waals surface area contributed by atoms with E-state index in [1.54, 1.807) is 11.0 Å². The summed E-state index contributed by atoms with van der Waals surface area (Å²) in [5, 5.41) is 7.45. The topological polar surface area (TPSA) is 52.0 Å². The van der Waals surface area contributed by atoms with Crippen LogP contribution in [0.1, 0.15) is 11.7 Å². The zero-order valence-electron chi connectivity index (χ0n) is 9.71. The lowest BCUT2D eigenvalue weighted by molar-refractivity contribution is 0.0277. The Kier molecular flexibility index (Phi) is 3.40. The summed E-state index contributed by atoms with van der Waals surface area (Å²) in [6.07, 6.45) is 3.33. The number of halogens is 1. The molecule has 1 aromatic carbocycles. The summed E-state index contributed by atoms with van der Waals surface area (Å²) in [7, 11) is 0. The maximum atomic E-state index is 5.73. The molecule has 1 aliphatic heterocycles. The first kappa shape index (κ1) is 11.8. The van der Waals surface area contributed by atoms with Crippen LogP contribution in [0.15, 0.2) is 35.3 Å². The van der Waals surface area contributed by atoms with Gasteiger partial charge in [0.05, 0.1) is 18.4 Å². The summed E-state index contributed by atoms with van der Waals surface area (Å²) in [6.45, 7) is 2.54. The van der Waals surface area contributed by atoms with Gasteiger partial charge in [-0.1, -0.05) is 6.07 Å². The molecule has 1 saturated heterocycles. The van der Waals surface area contributed by atoms with Crippen molar-refractivity contribution in [1.82, 2.24) is 20.1 Å². The Morgan fingerprint density at radius 2 is 2.39 bits per heavy atom. The van der Waals surface area contributed by atoms with Gasteiger partial charge in [0.2, 0.25) is 0 Å². The van der Waals surface area contributed by atoms with Crippen molar-refractivity contribution in [2.24, 2.45) is 0 Å². The molecule has 1 aliphatic rings. The van der Waals surface area contributed by atoms with E-state index in [1.165, 1.54) is 6.33 Å². The van der Waals surface area contributed by atoms with Crippen LogP contribution in [0.5, 0.6) is 0 Å². The minimum absolute atomic E-state index is 0.125. The lowest BCUT2D eigenvalue weighted by atomic mass is 10.1. The highest BCUT2D eigenvalue weighted by molar-refractivity contribution is 9.10.